The van der Waals surface area contributed by atoms with Gasteiger partial charge in [-0.1, -0.05) is 0 Å². The van der Waals surface area contributed by atoms with Crippen LogP contribution in [0.15, 0.2) is 0 Å². The van der Waals surface area contributed by atoms with Crippen molar-refractivity contribution in [3.8, 4) is 0 Å². The third-order valence-corrected chi connectivity index (χ3v) is 2.65. The first kappa shape index (κ1) is 12.7. The Balaban J connectivity index is 2.39. The number of nitrogens with zero attached hydrogens (tertiary/aromatic N) is 2. The van der Waals surface area contributed by atoms with E-state index in [9.17, 15) is 13.2 Å². The molecule has 1 N–H and O–H groups in total. The van der Waals surface area contributed by atoms with E-state index in [4.69, 9.17) is 5.11 Å². The minimum atomic E-state index is -4.12. The molecule has 1 aliphatic rings. The third kappa shape index (κ3) is 4.36. The number of β-amino-alcohol motifs (C(OH)–C–C–N with tert-alkyl or cyclic N) is 1. The van der Waals surface area contributed by atoms with E-state index in [-0.39, 0.29) is 12.6 Å². The van der Waals surface area contributed by atoms with E-state index in [0.717, 1.165) is 0 Å². The summed E-state index contributed by atoms with van der Waals surface area (Å²) in [6.07, 6.45) is -4.12. The van der Waals surface area contributed by atoms with Crippen molar-refractivity contribution in [1.29, 1.82) is 0 Å². The van der Waals surface area contributed by atoms with Gasteiger partial charge in [-0.2, -0.15) is 13.2 Å². The molecule has 0 aromatic heterocycles. The molecular weight excluding hydrogens is 209 g/mol. The molecule has 90 valence electrons. The van der Waals surface area contributed by atoms with Crippen LogP contribution >= 0.6 is 0 Å². The Morgan fingerprint density at radius 1 is 1.33 bits per heavy atom. The largest absolute Gasteiger partial charge is 0.401 e. The van der Waals surface area contributed by atoms with Gasteiger partial charge in [-0.05, 0) is 6.92 Å². The van der Waals surface area contributed by atoms with E-state index in [1.807, 2.05) is 4.90 Å². The fourth-order valence-corrected chi connectivity index (χ4v) is 1.88. The highest BCUT2D eigenvalue weighted by Gasteiger charge is 2.34. The van der Waals surface area contributed by atoms with Gasteiger partial charge in [0.25, 0.3) is 0 Å². The highest BCUT2D eigenvalue weighted by atomic mass is 19.4. The lowest BCUT2D eigenvalue weighted by molar-refractivity contribution is -0.155. The molecule has 6 heteroatoms. The minimum Gasteiger partial charge on any atom is -0.395 e. The van der Waals surface area contributed by atoms with Crippen LogP contribution in [-0.2, 0) is 0 Å². The van der Waals surface area contributed by atoms with Gasteiger partial charge in [0.15, 0.2) is 0 Å². The predicted molar refractivity (Wildman–Crippen MR) is 50.6 cm³/mol. The first-order valence-electron chi connectivity index (χ1n) is 5.06. The molecule has 0 spiro atoms. The lowest BCUT2D eigenvalue weighted by Gasteiger charge is -2.39. The van der Waals surface area contributed by atoms with E-state index in [1.165, 1.54) is 4.90 Å². The zero-order valence-electron chi connectivity index (χ0n) is 8.80. The maximum atomic E-state index is 12.2. The van der Waals surface area contributed by atoms with E-state index >= 15 is 0 Å². The SMILES string of the molecule is CC1CN(CCO)CCN1CC(F)(F)F. The Morgan fingerprint density at radius 2 is 2.00 bits per heavy atom. The zero-order valence-corrected chi connectivity index (χ0v) is 8.80. The van der Waals surface area contributed by atoms with Crippen molar-refractivity contribution in [2.45, 2.75) is 19.1 Å². The molecule has 3 nitrogen and oxygen atoms in total. The molecule has 15 heavy (non-hydrogen) atoms. The Hall–Kier alpha value is -0.330. The molecule has 0 radical (unpaired) electrons. The summed E-state index contributed by atoms with van der Waals surface area (Å²) in [4.78, 5) is 3.42. The zero-order chi connectivity index (χ0) is 11.5. The maximum Gasteiger partial charge on any atom is 0.401 e. The lowest BCUT2D eigenvalue weighted by Crippen LogP contribution is -2.54. The summed E-state index contributed by atoms with van der Waals surface area (Å²) in [5.74, 6) is 0. The van der Waals surface area contributed by atoms with Crippen molar-refractivity contribution >= 4 is 0 Å². The summed E-state index contributed by atoms with van der Waals surface area (Å²) in [6.45, 7) is 3.17. The number of hydrogen-bond donors (Lipinski definition) is 1. The van der Waals surface area contributed by atoms with E-state index in [0.29, 0.717) is 26.2 Å². The van der Waals surface area contributed by atoms with Crippen LogP contribution in [0.2, 0.25) is 0 Å². The molecular formula is C9H17F3N2O. The third-order valence-electron chi connectivity index (χ3n) is 2.65. The Labute approximate surface area is 87.5 Å². The molecule has 0 bridgehead atoms. The second-order valence-corrected chi connectivity index (χ2v) is 3.96. The summed E-state index contributed by atoms with van der Waals surface area (Å²) in [6, 6.07) is -0.105. The number of alkyl halides is 3. The summed E-state index contributed by atoms with van der Waals surface area (Å²) < 4.78 is 36.5. The van der Waals surface area contributed by atoms with Crippen molar-refractivity contribution in [2.24, 2.45) is 0 Å². The van der Waals surface area contributed by atoms with Crippen LogP contribution in [0.4, 0.5) is 13.2 Å². The molecule has 0 aromatic carbocycles. The lowest BCUT2D eigenvalue weighted by atomic mass is 10.2. The summed E-state index contributed by atoms with van der Waals surface area (Å²) in [7, 11) is 0. The fourth-order valence-electron chi connectivity index (χ4n) is 1.88. The van der Waals surface area contributed by atoms with Crippen LogP contribution in [-0.4, -0.2) is 66.5 Å². The quantitative estimate of drug-likeness (QED) is 0.761. The van der Waals surface area contributed by atoms with Gasteiger partial charge in [0.1, 0.15) is 0 Å². The van der Waals surface area contributed by atoms with Crippen LogP contribution in [0.3, 0.4) is 0 Å². The fraction of sp³-hybridized carbons (Fsp3) is 1.00. The molecule has 1 saturated heterocycles. The van der Waals surface area contributed by atoms with Gasteiger partial charge in [-0.25, -0.2) is 0 Å². The minimum absolute atomic E-state index is 0.0615. The predicted octanol–water partition coefficient (Wildman–Crippen LogP) is 0.547. The van der Waals surface area contributed by atoms with Gasteiger partial charge in [0.2, 0.25) is 0 Å². The Bertz CT molecular complexity index is 198. The van der Waals surface area contributed by atoms with Gasteiger partial charge in [0, 0.05) is 32.2 Å². The average Bonchev–Trinajstić information content (AvgIpc) is 2.08. The van der Waals surface area contributed by atoms with Crippen LogP contribution in [0.25, 0.3) is 0 Å². The molecule has 0 amide bonds. The number of aliphatic hydroxyl groups excluding tert-OH is 1. The highest BCUT2D eigenvalue weighted by Crippen LogP contribution is 2.19. The normalized spacial score (nSPS) is 25.8. The van der Waals surface area contributed by atoms with Gasteiger partial charge in [-0.15, -0.1) is 0 Å². The smallest absolute Gasteiger partial charge is 0.395 e. The molecule has 1 atom stereocenters. The number of piperazine rings is 1. The first-order valence-corrected chi connectivity index (χ1v) is 5.06. The topological polar surface area (TPSA) is 26.7 Å². The number of halogens is 3. The average molecular weight is 226 g/mol. The Morgan fingerprint density at radius 3 is 2.47 bits per heavy atom. The number of aliphatic hydroxyl groups is 1. The van der Waals surface area contributed by atoms with Crippen LogP contribution in [0, 0.1) is 0 Å². The van der Waals surface area contributed by atoms with Gasteiger partial charge in [0.05, 0.1) is 13.2 Å². The monoisotopic (exact) mass is 226 g/mol. The molecule has 1 aliphatic heterocycles. The number of hydrogen-bond acceptors (Lipinski definition) is 3. The molecule has 0 aromatic rings. The molecule has 0 aliphatic carbocycles. The first-order chi connectivity index (χ1) is 6.92. The van der Waals surface area contributed by atoms with Crippen molar-refractivity contribution in [2.75, 3.05) is 39.3 Å². The molecule has 1 rings (SSSR count). The molecule has 0 saturated carbocycles. The van der Waals surface area contributed by atoms with Gasteiger partial charge in [-0.3, -0.25) is 9.80 Å². The second kappa shape index (κ2) is 5.14. The summed E-state index contributed by atoms with van der Waals surface area (Å²) in [5, 5.41) is 8.72. The Kier molecular flexibility index (Phi) is 4.36. The van der Waals surface area contributed by atoms with Crippen LogP contribution in [0.5, 0.6) is 0 Å². The summed E-state index contributed by atoms with van der Waals surface area (Å²) in [5.41, 5.74) is 0. The van der Waals surface area contributed by atoms with E-state index in [2.05, 4.69) is 0 Å². The van der Waals surface area contributed by atoms with Crippen molar-refractivity contribution in [1.82, 2.24) is 9.80 Å². The van der Waals surface area contributed by atoms with Crippen LogP contribution < -0.4 is 0 Å². The van der Waals surface area contributed by atoms with Gasteiger partial charge < -0.3 is 5.11 Å². The van der Waals surface area contributed by atoms with E-state index < -0.39 is 12.7 Å². The molecule has 1 unspecified atom stereocenters. The second-order valence-electron chi connectivity index (χ2n) is 3.96. The van der Waals surface area contributed by atoms with E-state index in [1.54, 1.807) is 6.92 Å². The van der Waals surface area contributed by atoms with Crippen molar-refractivity contribution < 1.29 is 18.3 Å². The van der Waals surface area contributed by atoms with Gasteiger partial charge >= 0.3 is 6.18 Å². The maximum absolute atomic E-state index is 12.2. The standard InChI is InChI=1S/C9H17F3N2O/c1-8-6-13(4-5-15)2-3-14(8)7-9(10,11)12/h8,15H,2-7H2,1H3. The molecule has 1 fully saturated rings. The summed E-state index contributed by atoms with van der Waals surface area (Å²) >= 11 is 0. The van der Waals surface area contributed by atoms with Crippen molar-refractivity contribution in [3.63, 3.8) is 0 Å². The van der Waals surface area contributed by atoms with Crippen LogP contribution in [0.1, 0.15) is 6.92 Å². The number of rotatable bonds is 3. The highest BCUT2D eigenvalue weighted by molar-refractivity contribution is 4.80. The molecule has 1 heterocycles. The van der Waals surface area contributed by atoms with Crippen molar-refractivity contribution in [3.05, 3.63) is 0 Å².